The molecule has 0 bridgehead atoms. The molecule has 0 saturated carbocycles. The number of ketones is 1. The number of carbonyl (C=O) groups excluding carboxylic acids is 1. The fourth-order valence-electron chi connectivity index (χ4n) is 1.52. The van der Waals surface area contributed by atoms with E-state index in [9.17, 15) is 4.79 Å². The maximum Gasteiger partial charge on any atom is 0.187 e. The van der Waals surface area contributed by atoms with Crippen molar-refractivity contribution in [2.75, 3.05) is 0 Å². The first-order chi connectivity index (χ1) is 8.58. The molecule has 0 spiro atoms. The fraction of sp³-hybridized carbons (Fsp3) is 0.0769. The molecular formula is C13H8Cl3NO. The molecule has 0 fully saturated rings. The molecule has 2 rings (SSSR count). The highest BCUT2D eigenvalue weighted by atomic mass is 35.5. The van der Waals surface area contributed by atoms with Gasteiger partial charge in [-0.1, -0.05) is 53.0 Å². The topological polar surface area (TPSA) is 30.0 Å². The molecule has 1 heterocycles. The van der Waals surface area contributed by atoms with Gasteiger partial charge in [-0.3, -0.25) is 4.79 Å². The molecule has 0 aliphatic heterocycles. The van der Waals surface area contributed by atoms with Crippen molar-refractivity contribution in [2.45, 2.75) is 6.42 Å². The lowest BCUT2D eigenvalue weighted by Crippen LogP contribution is -2.07. The SMILES string of the molecule is O=C(Cc1ccccc1Cl)c1ncc(Cl)cc1Cl. The zero-order chi connectivity index (χ0) is 13.1. The van der Waals surface area contributed by atoms with Crippen LogP contribution in [0, 0.1) is 0 Å². The summed E-state index contributed by atoms with van der Waals surface area (Å²) in [5, 5.41) is 1.20. The molecule has 2 aromatic rings. The minimum absolute atomic E-state index is 0.161. The zero-order valence-electron chi connectivity index (χ0n) is 9.16. The normalized spacial score (nSPS) is 10.4. The number of rotatable bonds is 3. The first-order valence-electron chi connectivity index (χ1n) is 5.15. The Morgan fingerprint density at radius 2 is 1.83 bits per heavy atom. The van der Waals surface area contributed by atoms with Crippen molar-refractivity contribution in [3.8, 4) is 0 Å². The fourth-order valence-corrected chi connectivity index (χ4v) is 2.21. The number of pyridine rings is 1. The van der Waals surface area contributed by atoms with Crippen LogP contribution in [0.1, 0.15) is 16.1 Å². The summed E-state index contributed by atoms with van der Waals surface area (Å²) in [6.45, 7) is 0. The van der Waals surface area contributed by atoms with Crippen molar-refractivity contribution in [3.05, 3.63) is 62.9 Å². The third-order valence-corrected chi connectivity index (χ3v) is 3.24. The van der Waals surface area contributed by atoms with Crippen LogP contribution in [0.4, 0.5) is 0 Å². The van der Waals surface area contributed by atoms with Gasteiger partial charge in [0, 0.05) is 17.6 Å². The Kier molecular flexibility index (Phi) is 4.23. The van der Waals surface area contributed by atoms with Crippen molar-refractivity contribution in [1.82, 2.24) is 4.98 Å². The number of hydrogen-bond donors (Lipinski definition) is 0. The lowest BCUT2D eigenvalue weighted by atomic mass is 10.1. The second-order valence-corrected chi connectivity index (χ2v) is 4.93. The Labute approximate surface area is 120 Å². The molecule has 0 N–H and O–H groups in total. The summed E-state index contributed by atoms with van der Waals surface area (Å²) in [7, 11) is 0. The lowest BCUT2D eigenvalue weighted by Gasteiger charge is -2.04. The van der Waals surface area contributed by atoms with E-state index in [0.29, 0.717) is 10.0 Å². The van der Waals surface area contributed by atoms with Crippen LogP contribution < -0.4 is 0 Å². The van der Waals surface area contributed by atoms with E-state index in [0.717, 1.165) is 5.56 Å². The number of halogens is 3. The van der Waals surface area contributed by atoms with E-state index in [1.165, 1.54) is 12.3 Å². The van der Waals surface area contributed by atoms with Crippen molar-refractivity contribution in [3.63, 3.8) is 0 Å². The largest absolute Gasteiger partial charge is 0.292 e. The number of nitrogens with zero attached hydrogens (tertiary/aromatic N) is 1. The van der Waals surface area contributed by atoms with Gasteiger partial charge in [-0.05, 0) is 17.7 Å². The lowest BCUT2D eigenvalue weighted by molar-refractivity contribution is 0.0988. The van der Waals surface area contributed by atoms with Gasteiger partial charge in [-0.2, -0.15) is 0 Å². The van der Waals surface area contributed by atoms with E-state index in [1.807, 2.05) is 12.1 Å². The molecule has 0 saturated heterocycles. The second-order valence-electron chi connectivity index (χ2n) is 3.68. The quantitative estimate of drug-likeness (QED) is 0.783. The average molecular weight is 301 g/mol. The Morgan fingerprint density at radius 1 is 1.11 bits per heavy atom. The van der Waals surface area contributed by atoms with Crippen LogP contribution in [-0.2, 0) is 6.42 Å². The van der Waals surface area contributed by atoms with Crippen molar-refractivity contribution in [2.24, 2.45) is 0 Å². The monoisotopic (exact) mass is 299 g/mol. The Bertz CT molecular complexity index is 599. The molecule has 0 aliphatic carbocycles. The van der Waals surface area contributed by atoms with Crippen LogP contribution >= 0.6 is 34.8 Å². The van der Waals surface area contributed by atoms with Gasteiger partial charge in [0.15, 0.2) is 5.78 Å². The van der Waals surface area contributed by atoms with Crippen molar-refractivity contribution in [1.29, 1.82) is 0 Å². The van der Waals surface area contributed by atoms with E-state index < -0.39 is 0 Å². The van der Waals surface area contributed by atoms with E-state index >= 15 is 0 Å². The molecule has 2 nitrogen and oxygen atoms in total. The summed E-state index contributed by atoms with van der Waals surface area (Å²) in [6, 6.07) is 8.66. The van der Waals surface area contributed by atoms with Gasteiger partial charge >= 0.3 is 0 Å². The predicted molar refractivity (Wildman–Crippen MR) is 73.7 cm³/mol. The van der Waals surface area contributed by atoms with Crippen LogP contribution in [0.2, 0.25) is 15.1 Å². The molecule has 5 heteroatoms. The van der Waals surface area contributed by atoms with Gasteiger partial charge in [0.25, 0.3) is 0 Å². The Hall–Kier alpha value is -1.09. The summed E-state index contributed by atoms with van der Waals surface area (Å²) in [5.74, 6) is -0.190. The van der Waals surface area contributed by atoms with Crippen LogP contribution in [0.3, 0.4) is 0 Å². The van der Waals surface area contributed by atoms with Crippen LogP contribution in [0.25, 0.3) is 0 Å². The third-order valence-electron chi connectivity index (χ3n) is 2.38. The average Bonchev–Trinajstić information content (AvgIpc) is 2.32. The molecule has 0 amide bonds. The van der Waals surface area contributed by atoms with Crippen molar-refractivity contribution >= 4 is 40.6 Å². The summed E-state index contributed by atoms with van der Waals surface area (Å²) < 4.78 is 0. The molecule has 0 unspecified atom stereocenters. The number of aromatic nitrogens is 1. The third kappa shape index (κ3) is 3.02. The zero-order valence-corrected chi connectivity index (χ0v) is 11.4. The van der Waals surface area contributed by atoms with Crippen molar-refractivity contribution < 1.29 is 4.79 Å². The summed E-state index contributed by atoms with van der Waals surface area (Å²) in [6.07, 6.45) is 1.56. The number of hydrogen-bond acceptors (Lipinski definition) is 2. The van der Waals surface area contributed by atoms with Gasteiger partial charge in [0.2, 0.25) is 0 Å². The molecule has 1 aromatic heterocycles. The first kappa shape index (κ1) is 13.3. The van der Waals surface area contributed by atoms with Crippen LogP contribution in [0.15, 0.2) is 36.5 Å². The molecule has 0 aliphatic rings. The number of carbonyl (C=O) groups is 1. The second kappa shape index (κ2) is 5.70. The molecule has 0 atom stereocenters. The van der Waals surface area contributed by atoms with Crippen LogP contribution in [-0.4, -0.2) is 10.8 Å². The minimum Gasteiger partial charge on any atom is -0.292 e. The molecule has 1 aromatic carbocycles. The molecule has 92 valence electrons. The smallest absolute Gasteiger partial charge is 0.187 e. The van der Waals surface area contributed by atoms with E-state index in [1.54, 1.807) is 12.1 Å². The summed E-state index contributed by atoms with van der Waals surface area (Å²) in [4.78, 5) is 16.0. The van der Waals surface area contributed by atoms with E-state index in [4.69, 9.17) is 34.8 Å². The van der Waals surface area contributed by atoms with Gasteiger partial charge in [-0.25, -0.2) is 4.98 Å². The maximum absolute atomic E-state index is 12.0. The highest BCUT2D eigenvalue weighted by molar-refractivity contribution is 6.36. The molecular weight excluding hydrogens is 293 g/mol. The Balaban J connectivity index is 2.25. The van der Waals surface area contributed by atoms with E-state index in [2.05, 4.69) is 4.98 Å². The van der Waals surface area contributed by atoms with Gasteiger partial charge < -0.3 is 0 Å². The van der Waals surface area contributed by atoms with E-state index in [-0.39, 0.29) is 22.9 Å². The first-order valence-corrected chi connectivity index (χ1v) is 6.29. The summed E-state index contributed by atoms with van der Waals surface area (Å²) in [5.41, 5.74) is 0.956. The van der Waals surface area contributed by atoms with Crippen LogP contribution in [0.5, 0.6) is 0 Å². The standard InChI is InChI=1S/C13H8Cl3NO/c14-9-6-11(16)13(17-7-9)12(18)5-8-3-1-2-4-10(8)15/h1-4,6-7H,5H2. The molecule has 18 heavy (non-hydrogen) atoms. The highest BCUT2D eigenvalue weighted by Gasteiger charge is 2.14. The summed E-state index contributed by atoms with van der Waals surface area (Å²) >= 11 is 17.7. The Morgan fingerprint density at radius 3 is 2.50 bits per heavy atom. The van der Waals surface area contributed by atoms with Gasteiger partial charge in [0.05, 0.1) is 10.0 Å². The highest BCUT2D eigenvalue weighted by Crippen LogP contribution is 2.22. The molecule has 0 radical (unpaired) electrons. The maximum atomic E-state index is 12.0. The predicted octanol–water partition coefficient (Wildman–Crippen LogP) is 4.47. The van der Waals surface area contributed by atoms with Gasteiger partial charge in [0.1, 0.15) is 5.69 Å². The number of Topliss-reactive ketones (excluding diaryl/α,β-unsaturated/α-hetero) is 1. The minimum atomic E-state index is -0.190. The van der Waals surface area contributed by atoms with Gasteiger partial charge in [-0.15, -0.1) is 0 Å². The number of benzene rings is 1.